The molecule has 0 unspecified atom stereocenters. The third kappa shape index (κ3) is 3.78. The largest absolute Gasteiger partial charge is 0.417 e. The van der Waals surface area contributed by atoms with Gasteiger partial charge < -0.3 is 4.57 Å². The second kappa shape index (κ2) is 7.49. The van der Waals surface area contributed by atoms with Crippen LogP contribution in [0.3, 0.4) is 0 Å². The molecule has 0 saturated heterocycles. The summed E-state index contributed by atoms with van der Waals surface area (Å²) in [5, 5.41) is 9.18. The predicted molar refractivity (Wildman–Crippen MR) is 96.4 cm³/mol. The summed E-state index contributed by atoms with van der Waals surface area (Å²) in [7, 11) is 0. The summed E-state index contributed by atoms with van der Waals surface area (Å²) in [6, 6.07) is 13.6. The number of nitrogens with zero attached hydrogens (tertiary/aromatic N) is 2. The van der Waals surface area contributed by atoms with Gasteiger partial charge in [0.25, 0.3) is 5.56 Å². The number of nitriles is 1. The van der Waals surface area contributed by atoms with Gasteiger partial charge in [0, 0.05) is 5.02 Å². The Morgan fingerprint density at radius 3 is 2.32 bits per heavy atom. The molecule has 0 saturated carbocycles. The van der Waals surface area contributed by atoms with E-state index in [1.807, 2.05) is 0 Å². The molecule has 0 aliphatic carbocycles. The van der Waals surface area contributed by atoms with E-state index in [1.54, 1.807) is 30.3 Å². The number of hydrogen-bond donors (Lipinski definition) is 0. The normalized spacial score (nSPS) is 11.3. The highest BCUT2D eigenvalue weighted by molar-refractivity contribution is 6.31. The molecule has 0 aliphatic heterocycles. The zero-order valence-electron chi connectivity index (χ0n) is 14.1. The van der Waals surface area contributed by atoms with Gasteiger partial charge in [-0.3, -0.25) is 4.79 Å². The average Bonchev–Trinajstić information content (AvgIpc) is 2.64. The highest BCUT2D eigenvalue weighted by atomic mass is 35.5. The third-order valence-corrected chi connectivity index (χ3v) is 4.48. The number of benzene rings is 2. The van der Waals surface area contributed by atoms with Crippen LogP contribution in [0, 0.1) is 17.1 Å². The summed E-state index contributed by atoms with van der Waals surface area (Å²) >= 11 is 6.01. The van der Waals surface area contributed by atoms with E-state index in [-0.39, 0.29) is 17.3 Å². The molecule has 0 bridgehead atoms. The van der Waals surface area contributed by atoms with E-state index in [4.69, 9.17) is 16.9 Å². The van der Waals surface area contributed by atoms with Gasteiger partial charge in [-0.1, -0.05) is 48.0 Å². The topological polar surface area (TPSA) is 45.8 Å². The molecular formula is C20H11ClF4N2O. The second-order valence-corrected chi connectivity index (χ2v) is 6.33. The summed E-state index contributed by atoms with van der Waals surface area (Å²) in [4.78, 5) is 12.8. The van der Waals surface area contributed by atoms with Crippen LogP contribution >= 0.6 is 11.6 Å². The Labute approximate surface area is 162 Å². The Balaban J connectivity index is 2.31. The molecule has 0 N–H and O–H groups in total. The van der Waals surface area contributed by atoms with Gasteiger partial charge >= 0.3 is 6.18 Å². The molecule has 0 fully saturated rings. The van der Waals surface area contributed by atoms with Gasteiger partial charge in [-0.25, -0.2) is 4.39 Å². The zero-order valence-corrected chi connectivity index (χ0v) is 14.9. The Hall–Kier alpha value is -3.11. The van der Waals surface area contributed by atoms with Crippen molar-refractivity contribution in [3.05, 3.63) is 92.5 Å². The number of aromatic nitrogens is 1. The maximum atomic E-state index is 13.4. The predicted octanol–water partition coefficient (Wildman–Crippen LogP) is 5.25. The Morgan fingerprint density at radius 2 is 1.75 bits per heavy atom. The van der Waals surface area contributed by atoms with Gasteiger partial charge in [0.05, 0.1) is 17.8 Å². The van der Waals surface area contributed by atoms with Gasteiger partial charge in [0.15, 0.2) is 0 Å². The van der Waals surface area contributed by atoms with Crippen LogP contribution in [0.2, 0.25) is 5.02 Å². The molecule has 3 aromatic rings. The lowest BCUT2D eigenvalue weighted by Gasteiger charge is -2.18. The van der Waals surface area contributed by atoms with Crippen molar-refractivity contribution < 1.29 is 17.6 Å². The van der Waals surface area contributed by atoms with Crippen molar-refractivity contribution in [3.8, 4) is 17.3 Å². The molecule has 0 radical (unpaired) electrons. The SMILES string of the molecule is N#Cc1c(C(F)(F)F)cc(-c2ccccc2)n(Cc2ccc(F)cc2Cl)c1=O. The van der Waals surface area contributed by atoms with Crippen molar-refractivity contribution in [2.75, 3.05) is 0 Å². The van der Waals surface area contributed by atoms with E-state index in [9.17, 15) is 22.4 Å². The maximum absolute atomic E-state index is 13.4. The van der Waals surface area contributed by atoms with Gasteiger partial charge in [-0.05, 0) is 29.3 Å². The molecule has 0 spiro atoms. The van der Waals surface area contributed by atoms with Crippen molar-refractivity contribution in [1.82, 2.24) is 4.57 Å². The first-order chi connectivity index (χ1) is 13.2. The van der Waals surface area contributed by atoms with E-state index in [0.717, 1.165) is 22.8 Å². The third-order valence-electron chi connectivity index (χ3n) is 4.13. The van der Waals surface area contributed by atoms with Crippen molar-refractivity contribution >= 4 is 11.6 Å². The van der Waals surface area contributed by atoms with E-state index in [2.05, 4.69) is 0 Å². The van der Waals surface area contributed by atoms with Gasteiger partial charge in [-0.15, -0.1) is 0 Å². The van der Waals surface area contributed by atoms with Crippen LogP contribution in [0.4, 0.5) is 17.6 Å². The summed E-state index contributed by atoms with van der Waals surface area (Å²) in [5.41, 5.74) is -2.77. The molecule has 142 valence electrons. The van der Waals surface area contributed by atoms with Crippen molar-refractivity contribution in [1.29, 1.82) is 5.26 Å². The first-order valence-electron chi connectivity index (χ1n) is 7.97. The van der Waals surface area contributed by atoms with Gasteiger partial charge in [0.1, 0.15) is 17.4 Å². The average molecular weight is 407 g/mol. The lowest BCUT2D eigenvalue weighted by Crippen LogP contribution is -2.28. The number of halogens is 5. The minimum atomic E-state index is -4.87. The smallest absolute Gasteiger partial charge is 0.303 e. The van der Waals surface area contributed by atoms with Crippen LogP contribution in [0.25, 0.3) is 11.3 Å². The lowest BCUT2D eigenvalue weighted by molar-refractivity contribution is -0.137. The molecule has 0 aliphatic rings. The number of rotatable bonds is 3. The quantitative estimate of drug-likeness (QED) is 0.558. The van der Waals surface area contributed by atoms with Crippen LogP contribution in [-0.2, 0) is 12.7 Å². The summed E-state index contributed by atoms with van der Waals surface area (Å²) < 4.78 is 54.6. The number of hydrogen-bond acceptors (Lipinski definition) is 2. The monoisotopic (exact) mass is 406 g/mol. The first kappa shape index (κ1) is 19.6. The van der Waals surface area contributed by atoms with Gasteiger partial charge in [-0.2, -0.15) is 18.4 Å². The molecule has 3 nitrogen and oxygen atoms in total. The maximum Gasteiger partial charge on any atom is 0.417 e. The van der Waals surface area contributed by atoms with Crippen molar-refractivity contribution in [2.45, 2.75) is 12.7 Å². The van der Waals surface area contributed by atoms with Crippen LogP contribution in [-0.4, -0.2) is 4.57 Å². The highest BCUT2D eigenvalue weighted by Gasteiger charge is 2.36. The zero-order chi connectivity index (χ0) is 20.5. The molecule has 8 heteroatoms. The van der Waals surface area contributed by atoms with Crippen LogP contribution in [0.15, 0.2) is 59.4 Å². The molecule has 28 heavy (non-hydrogen) atoms. The molecule has 1 aromatic heterocycles. The molecular weight excluding hydrogens is 396 g/mol. The standard InChI is InChI=1S/C20H11ClF4N2O/c21-17-8-14(22)7-6-13(17)11-27-18(12-4-2-1-3-5-12)9-16(20(23,24)25)15(10-26)19(27)28/h1-9H,11H2. The van der Waals surface area contributed by atoms with E-state index >= 15 is 0 Å². The van der Waals surface area contributed by atoms with E-state index < -0.39 is 28.7 Å². The van der Waals surface area contributed by atoms with Crippen LogP contribution in [0.1, 0.15) is 16.7 Å². The Kier molecular flexibility index (Phi) is 5.25. The van der Waals surface area contributed by atoms with Crippen molar-refractivity contribution in [3.63, 3.8) is 0 Å². The van der Waals surface area contributed by atoms with Crippen LogP contribution < -0.4 is 5.56 Å². The number of alkyl halides is 3. The molecule has 0 atom stereocenters. The lowest BCUT2D eigenvalue weighted by atomic mass is 10.0. The van der Waals surface area contributed by atoms with E-state index in [1.165, 1.54) is 12.1 Å². The molecule has 3 rings (SSSR count). The van der Waals surface area contributed by atoms with E-state index in [0.29, 0.717) is 11.1 Å². The first-order valence-corrected chi connectivity index (χ1v) is 8.34. The van der Waals surface area contributed by atoms with Crippen LogP contribution in [0.5, 0.6) is 0 Å². The fourth-order valence-corrected chi connectivity index (χ4v) is 3.03. The summed E-state index contributed by atoms with van der Waals surface area (Å²) in [5.74, 6) is -0.588. The second-order valence-electron chi connectivity index (χ2n) is 5.92. The van der Waals surface area contributed by atoms with Gasteiger partial charge in [0.2, 0.25) is 0 Å². The fraction of sp³-hybridized carbons (Fsp3) is 0.100. The molecule has 2 aromatic carbocycles. The highest BCUT2D eigenvalue weighted by Crippen LogP contribution is 2.34. The minimum absolute atomic E-state index is 0.0179. The Morgan fingerprint density at radius 1 is 1.07 bits per heavy atom. The minimum Gasteiger partial charge on any atom is -0.303 e. The Bertz CT molecular complexity index is 1130. The molecule has 1 heterocycles. The summed E-state index contributed by atoms with van der Waals surface area (Å²) in [6.45, 7) is -0.227. The number of pyridine rings is 1. The summed E-state index contributed by atoms with van der Waals surface area (Å²) in [6.07, 6.45) is -4.87. The fourth-order valence-electron chi connectivity index (χ4n) is 2.80. The van der Waals surface area contributed by atoms with Crippen molar-refractivity contribution in [2.24, 2.45) is 0 Å². The molecule has 0 amide bonds.